The van der Waals surface area contributed by atoms with Crippen molar-refractivity contribution in [3.63, 3.8) is 0 Å². The summed E-state index contributed by atoms with van der Waals surface area (Å²) >= 11 is 0. The van der Waals surface area contributed by atoms with Gasteiger partial charge in [-0.25, -0.2) is 0 Å². The van der Waals surface area contributed by atoms with Crippen molar-refractivity contribution in [2.75, 3.05) is 0 Å². The lowest BCUT2D eigenvalue weighted by Gasteiger charge is -2.36. The van der Waals surface area contributed by atoms with Gasteiger partial charge < -0.3 is 4.43 Å². The van der Waals surface area contributed by atoms with Crippen LogP contribution in [0.4, 0.5) is 5.69 Å². The summed E-state index contributed by atoms with van der Waals surface area (Å²) in [6.45, 7) is 10.5. The second-order valence-corrected chi connectivity index (χ2v) is 10.3. The van der Waals surface area contributed by atoms with Crippen LogP contribution in [0.2, 0.25) is 18.1 Å². The summed E-state index contributed by atoms with van der Waals surface area (Å²) in [5, 5.41) is 10.9. The number of para-hydroxylation sites is 2. The lowest BCUT2D eigenvalue weighted by Crippen LogP contribution is -2.44. The molecule has 1 aromatic rings. The lowest BCUT2D eigenvalue weighted by atomic mass is 10.2. The zero-order valence-corrected chi connectivity index (χ0v) is 12.0. The van der Waals surface area contributed by atoms with Crippen LogP contribution in [0.3, 0.4) is 0 Å². The quantitative estimate of drug-likeness (QED) is 0.465. The minimum atomic E-state index is -2.03. The summed E-state index contributed by atoms with van der Waals surface area (Å²) in [7, 11) is -2.03. The molecule has 0 bridgehead atoms. The largest absolute Gasteiger partial charge is 0.539 e. The maximum absolute atomic E-state index is 10.9. The van der Waals surface area contributed by atoms with Gasteiger partial charge in [0.1, 0.15) is 0 Å². The molecule has 0 spiro atoms. The predicted octanol–water partition coefficient (Wildman–Crippen LogP) is 3.98. The molecule has 0 fully saturated rings. The maximum atomic E-state index is 10.9. The molecule has 0 unspecified atom stereocenters. The molecule has 0 aromatic heterocycles. The first-order chi connectivity index (χ1) is 7.65. The van der Waals surface area contributed by atoms with Gasteiger partial charge in [0.2, 0.25) is 0 Å². The fourth-order valence-corrected chi connectivity index (χ4v) is 2.15. The van der Waals surface area contributed by atoms with E-state index in [0.29, 0.717) is 5.75 Å². The van der Waals surface area contributed by atoms with Gasteiger partial charge in [0.15, 0.2) is 5.75 Å². The normalized spacial score (nSPS) is 12.3. The van der Waals surface area contributed by atoms with Gasteiger partial charge in [-0.05, 0) is 24.2 Å². The minimum Gasteiger partial charge on any atom is -0.539 e. The van der Waals surface area contributed by atoms with Crippen molar-refractivity contribution in [3.8, 4) is 5.75 Å². The molecule has 94 valence electrons. The molecule has 1 aromatic carbocycles. The van der Waals surface area contributed by atoms with Crippen LogP contribution in [-0.2, 0) is 0 Å². The molecule has 0 aliphatic carbocycles. The SMILES string of the molecule is CC(C)(C)[Si](C)(C)Oc1ccccc1[N+](=O)[O-]. The van der Waals surface area contributed by atoms with E-state index in [9.17, 15) is 10.1 Å². The van der Waals surface area contributed by atoms with Gasteiger partial charge in [0.25, 0.3) is 8.32 Å². The first-order valence-corrected chi connectivity index (χ1v) is 8.48. The summed E-state index contributed by atoms with van der Waals surface area (Å²) in [6.07, 6.45) is 0. The van der Waals surface area contributed by atoms with E-state index in [2.05, 4.69) is 33.9 Å². The van der Waals surface area contributed by atoms with Crippen LogP contribution in [0.15, 0.2) is 24.3 Å². The van der Waals surface area contributed by atoms with Crippen molar-refractivity contribution in [1.29, 1.82) is 0 Å². The third-order valence-electron chi connectivity index (χ3n) is 3.23. The van der Waals surface area contributed by atoms with Crippen LogP contribution in [0.1, 0.15) is 20.8 Å². The summed E-state index contributed by atoms with van der Waals surface area (Å²) in [5.74, 6) is 0.379. The summed E-state index contributed by atoms with van der Waals surface area (Å²) in [6, 6.07) is 6.55. The highest BCUT2D eigenvalue weighted by atomic mass is 28.4. The van der Waals surface area contributed by atoms with Gasteiger partial charge >= 0.3 is 5.69 Å². The number of hydrogen-bond acceptors (Lipinski definition) is 3. The molecule has 1 rings (SSSR count). The Morgan fingerprint density at radius 1 is 1.24 bits per heavy atom. The maximum Gasteiger partial charge on any atom is 0.309 e. The van der Waals surface area contributed by atoms with Crippen molar-refractivity contribution in [2.45, 2.75) is 38.9 Å². The van der Waals surface area contributed by atoms with Gasteiger partial charge in [-0.2, -0.15) is 0 Å². The molecule has 5 heteroatoms. The Labute approximate surface area is 103 Å². The molecular formula is C12H19NO3Si. The zero-order chi connectivity index (χ0) is 13.3. The highest BCUT2D eigenvalue weighted by molar-refractivity contribution is 6.74. The topological polar surface area (TPSA) is 52.4 Å². The molecule has 0 saturated carbocycles. The molecule has 0 radical (unpaired) electrons. The molecule has 0 aliphatic heterocycles. The van der Waals surface area contributed by atoms with Crippen LogP contribution in [-0.4, -0.2) is 13.2 Å². The Balaban J connectivity index is 3.08. The average molecular weight is 253 g/mol. The molecular weight excluding hydrogens is 234 g/mol. The smallest absolute Gasteiger partial charge is 0.309 e. The van der Waals surface area contributed by atoms with E-state index in [1.54, 1.807) is 18.2 Å². The first-order valence-electron chi connectivity index (χ1n) is 5.57. The van der Waals surface area contributed by atoms with E-state index in [-0.39, 0.29) is 10.7 Å². The number of nitrogens with zero attached hydrogens (tertiary/aromatic N) is 1. The van der Waals surface area contributed by atoms with Crippen molar-refractivity contribution in [2.24, 2.45) is 0 Å². The van der Waals surface area contributed by atoms with Gasteiger partial charge in [-0.3, -0.25) is 10.1 Å². The third-order valence-corrected chi connectivity index (χ3v) is 7.58. The first kappa shape index (κ1) is 13.7. The second kappa shape index (κ2) is 4.48. The fraction of sp³-hybridized carbons (Fsp3) is 0.500. The Morgan fingerprint density at radius 2 is 1.76 bits per heavy atom. The highest BCUT2D eigenvalue weighted by Gasteiger charge is 2.40. The Kier molecular flexibility index (Phi) is 3.61. The van der Waals surface area contributed by atoms with Crippen LogP contribution in [0.25, 0.3) is 0 Å². The van der Waals surface area contributed by atoms with Crippen LogP contribution in [0.5, 0.6) is 5.75 Å². The van der Waals surface area contributed by atoms with Gasteiger partial charge in [0, 0.05) is 6.07 Å². The zero-order valence-electron chi connectivity index (χ0n) is 11.0. The van der Waals surface area contributed by atoms with E-state index < -0.39 is 13.2 Å². The van der Waals surface area contributed by atoms with Crippen molar-refractivity contribution in [3.05, 3.63) is 34.4 Å². The standard InChI is InChI=1S/C12H19NO3Si/c1-12(2,3)17(4,5)16-11-9-7-6-8-10(11)13(14)15/h6-9H,1-5H3. The van der Waals surface area contributed by atoms with Gasteiger partial charge in [-0.1, -0.05) is 32.9 Å². The lowest BCUT2D eigenvalue weighted by molar-refractivity contribution is -0.385. The third kappa shape index (κ3) is 3.06. The van der Waals surface area contributed by atoms with Crippen LogP contribution >= 0.6 is 0 Å². The van der Waals surface area contributed by atoms with Gasteiger partial charge in [0.05, 0.1) is 4.92 Å². The monoisotopic (exact) mass is 253 g/mol. The fourth-order valence-electron chi connectivity index (χ4n) is 1.12. The minimum absolute atomic E-state index is 0.0245. The molecule has 4 nitrogen and oxygen atoms in total. The molecule has 0 atom stereocenters. The molecule has 0 N–H and O–H groups in total. The average Bonchev–Trinajstić information content (AvgIpc) is 2.15. The number of nitro groups is 1. The van der Waals surface area contributed by atoms with Crippen molar-refractivity contribution in [1.82, 2.24) is 0 Å². The van der Waals surface area contributed by atoms with Crippen LogP contribution < -0.4 is 4.43 Å². The molecule has 0 amide bonds. The highest BCUT2D eigenvalue weighted by Crippen LogP contribution is 2.39. The van der Waals surface area contributed by atoms with E-state index in [0.717, 1.165) is 0 Å². The summed E-state index contributed by atoms with van der Waals surface area (Å²) in [5.41, 5.74) is 0.0392. The van der Waals surface area contributed by atoms with E-state index in [1.807, 2.05) is 0 Å². The molecule has 0 saturated heterocycles. The molecule has 0 aliphatic rings. The Morgan fingerprint density at radius 3 is 2.24 bits per heavy atom. The van der Waals surface area contributed by atoms with Gasteiger partial charge in [-0.15, -0.1) is 0 Å². The van der Waals surface area contributed by atoms with Crippen molar-refractivity contribution < 1.29 is 9.35 Å². The number of nitro benzene ring substituents is 1. The van der Waals surface area contributed by atoms with E-state index in [4.69, 9.17) is 4.43 Å². The summed E-state index contributed by atoms with van der Waals surface area (Å²) < 4.78 is 5.96. The number of benzene rings is 1. The second-order valence-electron chi connectivity index (χ2n) is 5.59. The summed E-state index contributed by atoms with van der Waals surface area (Å²) in [4.78, 5) is 10.5. The van der Waals surface area contributed by atoms with E-state index in [1.165, 1.54) is 6.07 Å². The molecule has 17 heavy (non-hydrogen) atoms. The van der Waals surface area contributed by atoms with E-state index >= 15 is 0 Å². The van der Waals surface area contributed by atoms with Crippen molar-refractivity contribution >= 4 is 14.0 Å². The Hall–Kier alpha value is -1.36. The predicted molar refractivity (Wildman–Crippen MR) is 70.9 cm³/mol. The molecule has 0 heterocycles. The Bertz CT molecular complexity index is 424. The number of hydrogen-bond donors (Lipinski definition) is 0. The van der Waals surface area contributed by atoms with Crippen LogP contribution in [0, 0.1) is 10.1 Å². The number of rotatable bonds is 3.